The molecule has 3 aliphatic rings. The number of aliphatic hydroxyl groups is 2. The highest BCUT2D eigenvalue weighted by Crippen LogP contribution is 2.41. The number of amides is 1. The third-order valence-corrected chi connectivity index (χ3v) is 4.79. The highest BCUT2D eigenvalue weighted by molar-refractivity contribution is 5.90. The lowest BCUT2D eigenvalue weighted by Gasteiger charge is -2.26. The van der Waals surface area contributed by atoms with Gasteiger partial charge in [-0.3, -0.25) is 9.59 Å². The molecular formula is C16H17NO6. The number of aliphatic hydroxyl groups excluding tert-OH is 2. The van der Waals surface area contributed by atoms with Crippen LogP contribution in [0.5, 0.6) is 11.5 Å². The molecule has 0 aliphatic carbocycles. The summed E-state index contributed by atoms with van der Waals surface area (Å²) in [5, 5.41) is 19.9. The van der Waals surface area contributed by atoms with Crippen molar-refractivity contribution in [3.05, 3.63) is 23.3 Å². The number of ether oxygens (including phenoxy) is 2. The second-order valence-corrected chi connectivity index (χ2v) is 6.19. The first-order valence-corrected chi connectivity index (χ1v) is 7.64. The average Bonchev–Trinajstić information content (AvgIpc) is 2.90. The number of hydrogen-bond acceptors (Lipinski definition) is 6. The van der Waals surface area contributed by atoms with Crippen molar-refractivity contribution in [3.8, 4) is 11.5 Å². The molecule has 0 unspecified atom stereocenters. The first-order chi connectivity index (χ1) is 11.0. The molecule has 3 atom stereocenters. The van der Waals surface area contributed by atoms with Crippen LogP contribution < -0.4 is 9.47 Å². The molecule has 1 amide bonds. The number of benzene rings is 1. The van der Waals surface area contributed by atoms with E-state index in [0.29, 0.717) is 24.5 Å². The van der Waals surface area contributed by atoms with Gasteiger partial charge in [-0.1, -0.05) is 0 Å². The van der Waals surface area contributed by atoms with Crippen LogP contribution in [0.25, 0.3) is 0 Å². The number of carbonyl (C=O) groups excluding carboxylic acids is 2. The number of ketones is 1. The Kier molecular flexibility index (Phi) is 3.28. The molecule has 0 saturated carbocycles. The van der Waals surface area contributed by atoms with Gasteiger partial charge in [-0.2, -0.15) is 0 Å². The van der Waals surface area contributed by atoms with Gasteiger partial charge in [0, 0.05) is 25.4 Å². The van der Waals surface area contributed by atoms with Crippen LogP contribution in [0.3, 0.4) is 0 Å². The zero-order chi connectivity index (χ0) is 16.1. The number of Topliss-reactive ketones (excluding diaryl/α,β-unsaturated/α-hetero) is 1. The maximum absolute atomic E-state index is 12.6. The highest BCUT2D eigenvalue weighted by atomic mass is 16.7. The summed E-state index contributed by atoms with van der Waals surface area (Å²) < 4.78 is 10.8. The molecule has 1 saturated heterocycles. The van der Waals surface area contributed by atoms with Crippen LogP contribution in [-0.4, -0.2) is 52.3 Å². The standard InChI is InChI=1S/C16H17NO6/c18-11-5-12(19)15(20)16(21)17-2-1-9(11)10-4-14-13(22-7-23-14)3-8(10)6-17/h3-4,9,12,15,19-20H,1-2,5-7H2/t9-,12+,15-/m1/s1. The summed E-state index contributed by atoms with van der Waals surface area (Å²) >= 11 is 0. The minimum absolute atomic E-state index is 0.136. The maximum atomic E-state index is 12.6. The average molecular weight is 319 g/mol. The van der Waals surface area contributed by atoms with Crippen molar-refractivity contribution in [2.24, 2.45) is 0 Å². The molecule has 3 aliphatic heterocycles. The second-order valence-electron chi connectivity index (χ2n) is 6.19. The van der Waals surface area contributed by atoms with E-state index < -0.39 is 24.0 Å². The van der Waals surface area contributed by atoms with Gasteiger partial charge in [0.15, 0.2) is 17.6 Å². The molecular weight excluding hydrogens is 302 g/mol. The van der Waals surface area contributed by atoms with Gasteiger partial charge in [-0.25, -0.2) is 0 Å². The number of carbonyl (C=O) groups is 2. The summed E-state index contributed by atoms with van der Waals surface area (Å²) in [5.74, 6) is 0.0581. The second kappa shape index (κ2) is 5.21. The Bertz CT molecular complexity index is 687. The molecule has 2 bridgehead atoms. The number of nitrogens with zero attached hydrogens (tertiary/aromatic N) is 1. The lowest BCUT2D eigenvalue weighted by Crippen LogP contribution is -2.44. The molecule has 7 heteroatoms. The smallest absolute Gasteiger partial charge is 0.254 e. The van der Waals surface area contributed by atoms with Gasteiger partial charge in [-0.05, 0) is 29.7 Å². The molecule has 2 N–H and O–H groups in total. The van der Waals surface area contributed by atoms with Crippen LogP contribution >= 0.6 is 0 Å². The molecule has 1 fully saturated rings. The Balaban J connectivity index is 1.84. The van der Waals surface area contributed by atoms with E-state index >= 15 is 0 Å². The van der Waals surface area contributed by atoms with Crippen molar-refractivity contribution in [1.29, 1.82) is 0 Å². The Morgan fingerprint density at radius 1 is 1.13 bits per heavy atom. The molecule has 0 aromatic heterocycles. The van der Waals surface area contributed by atoms with Gasteiger partial charge in [-0.15, -0.1) is 0 Å². The van der Waals surface area contributed by atoms with Gasteiger partial charge in [0.2, 0.25) is 6.79 Å². The topological polar surface area (TPSA) is 96.3 Å². The predicted molar refractivity (Wildman–Crippen MR) is 77.0 cm³/mol. The molecule has 7 nitrogen and oxygen atoms in total. The van der Waals surface area contributed by atoms with Crippen LogP contribution in [0.1, 0.15) is 29.9 Å². The van der Waals surface area contributed by atoms with Crippen LogP contribution in [0.4, 0.5) is 0 Å². The number of rotatable bonds is 0. The van der Waals surface area contributed by atoms with E-state index in [1.54, 1.807) is 12.1 Å². The minimum Gasteiger partial charge on any atom is -0.454 e. The van der Waals surface area contributed by atoms with Crippen molar-refractivity contribution in [2.75, 3.05) is 13.3 Å². The van der Waals surface area contributed by atoms with E-state index in [4.69, 9.17) is 9.47 Å². The van der Waals surface area contributed by atoms with Gasteiger partial charge >= 0.3 is 0 Å². The fraction of sp³-hybridized carbons (Fsp3) is 0.500. The van der Waals surface area contributed by atoms with Crippen LogP contribution in [0, 0.1) is 0 Å². The number of hydrogen-bond donors (Lipinski definition) is 2. The first kappa shape index (κ1) is 14.5. The van der Waals surface area contributed by atoms with E-state index in [1.165, 1.54) is 4.90 Å². The third kappa shape index (κ3) is 2.27. The zero-order valence-electron chi connectivity index (χ0n) is 12.4. The fourth-order valence-electron chi connectivity index (χ4n) is 3.52. The van der Waals surface area contributed by atoms with Crippen molar-refractivity contribution < 1.29 is 29.3 Å². The highest BCUT2D eigenvalue weighted by Gasteiger charge is 2.39. The van der Waals surface area contributed by atoms with E-state index in [2.05, 4.69) is 0 Å². The van der Waals surface area contributed by atoms with Gasteiger partial charge in [0.25, 0.3) is 5.91 Å². The first-order valence-electron chi connectivity index (χ1n) is 7.64. The van der Waals surface area contributed by atoms with E-state index in [1.807, 2.05) is 0 Å². The molecule has 122 valence electrons. The SMILES string of the molecule is O=C1C[C@H](O)[C@@H](O)C(=O)N2CC[C@@H]1c1cc3c(cc1C2)OCO3. The summed E-state index contributed by atoms with van der Waals surface area (Å²) in [6.45, 7) is 0.773. The normalized spacial score (nSPS) is 29.7. The largest absolute Gasteiger partial charge is 0.454 e. The van der Waals surface area contributed by atoms with Crippen LogP contribution in [-0.2, 0) is 16.1 Å². The zero-order valence-corrected chi connectivity index (χ0v) is 12.4. The van der Waals surface area contributed by atoms with Gasteiger partial charge in [0.05, 0.1) is 6.10 Å². The number of fused-ring (bicyclic) bond motifs is 6. The van der Waals surface area contributed by atoms with Gasteiger partial charge in [0.1, 0.15) is 5.78 Å². The Morgan fingerprint density at radius 3 is 2.65 bits per heavy atom. The summed E-state index contributed by atoms with van der Waals surface area (Å²) in [6.07, 6.45) is -2.70. The molecule has 0 radical (unpaired) electrons. The summed E-state index contributed by atoms with van der Waals surface area (Å²) in [4.78, 5) is 26.4. The van der Waals surface area contributed by atoms with Gasteiger partial charge < -0.3 is 24.6 Å². The molecule has 1 aromatic carbocycles. The van der Waals surface area contributed by atoms with Crippen LogP contribution in [0.15, 0.2) is 12.1 Å². The van der Waals surface area contributed by atoms with Crippen molar-refractivity contribution in [2.45, 2.75) is 37.5 Å². The maximum Gasteiger partial charge on any atom is 0.254 e. The molecule has 0 spiro atoms. The third-order valence-electron chi connectivity index (χ3n) is 4.79. The van der Waals surface area contributed by atoms with E-state index in [9.17, 15) is 19.8 Å². The van der Waals surface area contributed by atoms with E-state index in [0.717, 1.165) is 11.1 Å². The van der Waals surface area contributed by atoms with Crippen molar-refractivity contribution in [3.63, 3.8) is 0 Å². The minimum atomic E-state index is -1.56. The summed E-state index contributed by atoms with van der Waals surface area (Å²) in [5.41, 5.74) is 1.64. The van der Waals surface area contributed by atoms with E-state index in [-0.39, 0.29) is 25.5 Å². The monoisotopic (exact) mass is 319 g/mol. The lowest BCUT2D eigenvalue weighted by atomic mass is 9.86. The van der Waals surface area contributed by atoms with Crippen molar-refractivity contribution in [1.82, 2.24) is 4.90 Å². The summed E-state index contributed by atoms with van der Waals surface area (Å²) in [6, 6.07) is 3.60. The Hall–Kier alpha value is -2.12. The Labute approximate surface area is 132 Å². The Morgan fingerprint density at radius 2 is 1.87 bits per heavy atom. The summed E-state index contributed by atoms with van der Waals surface area (Å²) in [7, 11) is 0. The van der Waals surface area contributed by atoms with Crippen molar-refractivity contribution >= 4 is 11.7 Å². The molecule has 1 aromatic rings. The fourth-order valence-corrected chi connectivity index (χ4v) is 3.52. The lowest BCUT2D eigenvalue weighted by molar-refractivity contribution is -0.147. The van der Waals surface area contributed by atoms with Crippen LogP contribution in [0.2, 0.25) is 0 Å². The predicted octanol–water partition coefficient (Wildman–Crippen LogP) is -0.0742. The molecule has 4 rings (SSSR count). The molecule has 3 heterocycles. The quantitative estimate of drug-likeness (QED) is 0.695. The molecule has 23 heavy (non-hydrogen) atoms.